The molecule has 1 N–H and O–H groups in total. The summed E-state index contributed by atoms with van der Waals surface area (Å²) in [6.07, 6.45) is 6.42. The quantitative estimate of drug-likeness (QED) is 0.452. The van der Waals surface area contributed by atoms with E-state index in [1.54, 1.807) is 6.08 Å². The lowest BCUT2D eigenvalue weighted by Crippen LogP contribution is -2.29. The number of thioether (sulfide) groups is 1. The average Bonchev–Trinajstić information content (AvgIpc) is 3.02. The summed E-state index contributed by atoms with van der Waals surface area (Å²) in [7, 11) is 4.08. The lowest BCUT2D eigenvalue weighted by Gasteiger charge is -2.37. The maximum absolute atomic E-state index is 12.0. The van der Waals surface area contributed by atoms with Gasteiger partial charge in [-0.15, -0.1) is 0 Å². The summed E-state index contributed by atoms with van der Waals surface area (Å²) in [4.78, 5) is 26.1. The predicted octanol–water partition coefficient (Wildman–Crippen LogP) is 6.18. The molecule has 166 valence electrons. The van der Waals surface area contributed by atoms with E-state index in [-0.39, 0.29) is 22.0 Å². The van der Waals surface area contributed by atoms with Crippen LogP contribution in [0.15, 0.2) is 47.4 Å². The first-order valence-electron chi connectivity index (χ1n) is 10.8. The topological polar surface area (TPSA) is 49.4 Å². The van der Waals surface area contributed by atoms with Crippen molar-refractivity contribution in [2.24, 2.45) is 0 Å². The Morgan fingerprint density at radius 3 is 2.09 bits per heavy atom. The van der Waals surface area contributed by atoms with Crippen molar-refractivity contribution in [1.82, 2.24) is 5.32 Å². The summed E-state index contributed by atoms with van der Waals surface area (Å²) in [6.45, 7) is 11.2. The Balaban J connectivity index is 1.91. The monoisotopic (exact) mass is 446 g/mol. The molecule has 0 atom stereocenters. The molecule has 2 aromatic rings. The van der Waals surface area contributed by atoms with Gasteiger partial charge in [-0.3, -0.25) is 14.9 Å². The number of benzene rings is 2. The van der Waals surface area contributed by atoms with E-state index >= 15 is 0 Å². The van der Waals surface area contributed by atoms with Gasteiger partial charge in [-0.05, 0) is 70.8 Å². The minimum absolute atomic E-state index is 0.00954. The third kappa shape index (κ3) is 3.90. The molecule has 1 fully saturated rings. The molecule has 0 unspecified atom stereocenters. The highest BCUT2D eigenvalue weighted by Crippen LogP contribution is 2.45. The van der Waals surface area contributed by atoms with Gasteiger partial charge in [0.2, 0.25) is 0 Å². The van der Waals surface area contributed by atoms with E-state index in [9.17, 15) is 9.59 Å². The van der Waals surface area contributed by atoms with Crippen LogP contribution >= 0.6 is 11.8 Å². The number of fused-ring (bicyclic) bond motifs is 1. The van der Waals surface area contributed by atoms with Crippen LogP contribution in [0.5, 0.6) is 0 Å². The average molecular weight is 447 g/mol. The van der Waals surface area contributed by atoms with E-state index in [4.69, 9.17) is 0 Å². The molecule has 1 heterocycles. The minimum atomic E-state index is -0.334. The zero-order valence-electron chi connectivity index (χ0n) is 19.8. The van der Waals surface area contributed by atoms with Gasteiger partial charge in [-0.25, -0.2) is 0 Å². The summed E-state index contributed by atoms with van der Waals surface area (Å²) >= 11 is 0.945. The van der Waals surface area contributed by atoms with E-state index in [0.717, 1.165) is 28.6 Å². The molecule has 1 aliphatic carbocycles. The molecule has 0 spiro atoms. The van der Waals surface area contributed by atoms with E-state index in [1.165, 1.54) is 22.3 Å². The molecule has 32 heavy (non-hydrogen) atoms. The molecule has 5 heteroatoms. The van der Waals surface area contributed by atoms with Gasteiger partial charge in [0, 0.05) is 36.2 Å². The van der Waals surface area contributed by atoms with Gasteiger partial charge in [-0.2, -0.15) is 0 Å². The first kappa shape index (κ1) is 22.4. The minimum Gasteiger partial charge on any atom is -0.377 e. The van der Waals surface area contributed by atoms with E-state index < -0.39 is 0 Å². The first-order valence-corrected chi connectivity index (χ1v) is 11.6. The van der Waals surface area contributed by atoms with Gasteiger partial charge in [0.1, 0.15) is 0 Å². The number of hydrogen-bond donors (Lipinski definition) is 1. The van der Waals surface area contributed by atoms with E-state index in [1.807, 2.05) is 20.2 Å². The standard InChI is InChI=1S/C27H30N2O2S/c1-16-12-20-21(27(4,5)11-10-26(20,2)3)15-18(16)19-13-17(8-9-22(19)29(6)7)14-23-24(30)28-25(31)32-23/h8-15H,1-7H3,(H,28,30,31)/b23-14-. The van der Waals surface area contributed by atoms with Crippen LogP contribution in [0.4, 0.5) is 10.5 Å². The van der Waals surface area contributed by atoms with Crippen LogP contribution in [0.25, 0.3) is 17.2 Å². The van der Waals surface area contributed by atoms with E-state index in [2.05, 4.69) is 81.3 Å². The molecule has 0 saturated carbocycles. The van der Waals surface area contributed by atoms with Gasteiger partial charge < -0.3 is 4.90 Å². The van der Waals surface area contributed by atoms with Crippen molar-refractivity contribution < 1.29 is 9.59 Å². The van der Waals surface area contributed by atoms with Crippen LogP contribution in [0.3, 0.4) is 0 Å². The fourth-order valence-electron chi connectivity index (χ4n) is 4.48. The van der Waals surface area contributed by atoms with Crippen molar-refractivity contribution in [1.29, 1.82) is 0 Å². The second kappa shape index (κ2) is 7.66. The molecule has 2 aromatic carbocycles. The molecular weight excluding hydrogens is 416 g/mol. The fourth-order valence-corrected chi connectivity index (χ4v) is 5.16. The SMILES string of the molecule is Cc1cc2c(cc1-c1cc(/C=C3\SC(=O)NC3=O)ccc1N(C)C)C(C)(C)C=CC2(C)C. The molecule has 2 aliphatic rings. The number of nitrogens with zero attached hydrogens (tertiary/aromatic N) is 1. The Hall–Kier alpha value is -2.79. The molecule has 0 bridgehead atoms. The lowest BCUT2D eigenvalue weighted by molar-refractivity contribution is -0.115. The van der Waals surface area contributed by atoms with E-state index in [0.29, 0.717) is 4.91 Å². The Kier molecular flexibility index (Phi) is 5.36. The molecule has 4 nitrogen and oxygen atoms in total. The van der Waals surface area contributed by atoms with Gasteiger partial charge >= 0.3 is 0 Å². The number of hydrogen-bond acceptors (Lipinski definition) is 4. The number of nitrogens with one attached hydrogen (secondary N) is 1. The molecule has 1 saturated heterocycles. The van der Waals surface area contributed by atoms with Crippen LogP contribution in [-0.2, 0) is 15.6 Å². The van der Waals surface area contributed by atoms with Crippen molar-refractivity contribution in [3.63, 3.8) is 0 Å². The molecule has 0 aromatic heterocycles. The Bertz CT molecular complexity index is 1200. The zero-order chi connectivity index (χ0) is 23.4. The highest BCUT2D eigenvalue weighted by atomic mass is 32.2. The van der Waals surface area contributed by atoms with Crippen LogP contribution in [0.2, 0.25) is 0 Å². The number of amides is 2. The predicted molar refractivity (Wildman–Crippen MR) is 135 cm³/mol. The number of carbonyl (C=O) groups excluding carboxylic acids is 2. The number of imide groups is 1. The second-order valence-electron chi connectivity index (χ2n) is 10.0. The normalized spacial score (nSPS) is 19.8. The number of aryl methyl sites for hydroxylation is 1. The maximum Gasteiger partial charge on any atom is 0.290 e. The van der Waals surface area contributed by atoms with Crippen molar-refractivity contribution >= 4 is 34.7 Å². The highest BCUT2D eigenvalue weighted by Gasteiger charge is 2.33. The first-order chi connectivity index (χ1) is 14.9. The summed E-state index contributed by atoms with van der Waals surface area (Å²) in [5, 5.41) is 2.00. The molecule has 0 radical (unpaired) electrons. The third-order valence-corrected chi connectivity index (χ3v) is 7.21. The zero-order valence-corrected chi connectivity index (χ0v) is 20.6. The number of anilines is 1. The Labute approximate surface area is 194 Å². The summed E-state index contributed by atoms with van der Waals surface area (Å²) in [5.74, 6) is -0.334. The fraction of sp³-hybridized carbons (Fsp3) is 0.333. The third-order valence-electron chi connectivity index (χ3n) is 6.40. The maximum atomic E-state index is 12.0. The highest BCUT2D eigenvalue weighted by molar-refractivity contribution is 8.18. The molecule has 2 amide bonds. The largest absolute Gasteiger partial charge is 0.377 e. The Morgan fingerprint density at radius 1 is 0.906 bits per heavy atom. The smallest absolute Gasteiger partial charge is 0.290 e. The second-order valence-corrected chi connectivity index (χ2v) is 11.0. The molecule has 1 aliphatic heterocycles. The lowest BCUT2D eigenvalue weighted by atomic mass is 9.67. The van der Waals surface area contributed by atoms with Gasteiger partial charge in [0.25, 0.3) is 11.1 Å². The van der Waals surface area contributed by atoms with Gasteiger partial charge in [0.05, 0.1) is 4.91 Å². The molecular formula is C27H30N2O2S. The van der Waals surface area contributed by atoms with Gasteiger partial charge in [-0.1, -0.05) is 52.0 Å². The Morgan fingerprint density at radius 2 is 1.53 bits per heavy atom. The summed E-state index contributed by atoms with van der Waals surface area (Å²) < 4.78 is 0. The van der Waals surface area contributed by atoms with Crippen molar-refractivity contribution in [3.8, 4) is 11.1 Å². The molecule has 4 rings (SSSR count). The van der Waals surface area contributed by atoms with Crippen LogP contribution < -0.4 is 10.2 Å². The van der Waals surface area contributed by atoms with Crippen LogP contribution in [0.1, 0.15) is 49.9 Å². The van der Waals surface area contributed by atoms with Crippen molar-refractivity contribution in [2.75, 3.05) is 19.0 Å². The summed E-state index contributed by atoms with van der Waals surface area (Å²) in [5.41, 5.74) is 8.18. The van der Waals surface area contributed by atoms with Crippen LogP contribution in [-0.4, -0.2) is 25.2 Å². The number of rotatable bonds is 3. The van der Waals surface area contributed by atoms with Crippen LogP contribution in [0, 0.1) is 6.92 Å². The van der Waals surface area contributed by atoms with Crippen molar-refractivity contribution in [2.45, 2.75) is 45.4 Å². The van der Waals surface area contributed by atoms with Gasteiger partial charge in [0.15, 0.2) is 0 Å². The number of allylic oxidation sites excluding steroid dienone is 2. The van der Waals surface area contributed by atoms with Crippen molar-refractivity contribution in [3.05, 3.63) is 69.6 Å². The number of carbonyl (C=O) groups is 2. The summed E-state index contributed by atoms with van der Waals surface area (Å²) in [6, 6.07) is 10.9.